The summed E-state index contributed by atoms with van der Waals surface area (Å²) >= 11 is 6.82. The normalized spacial score (nSPS) is 11.1. The Morgan fingerprint density at radius 3 is 2.57 bits per heavy atom. The van der Waals surface area contributed by atoms with Crippen molar-refractivity contribution in [2.24, 2.45) is 0 Å². The monoisotopic (exact) mass is 363 g/mol. The number of carbonyl (C=O) groups is 2. The molecule has 1 aromatic carbocycles. The maximum Gasteiger partial charge on any atom is 0.418 e. The molecule has 1 heterocycles. The van der Waals surface area contributed by atoms with Crippen molar-refractivity contribution in [2.45, 2.75) is 6.18 Å². The zero-order valence-electron chi connectivity index (χ0n) is 11.3. The number of benzene rings is 1. The Labute approximate surface area is 137 Å². The van der Waals surface area contributed by atoms with E-state index in [-0.39, 0.29) is 9.90 Å². The number of alkyl halides is 3. The van der Waals surface area contributed by atoms with Gasteiger partial charge < -0.3 is 10.1 Å². The first-order chi connectivity index (χ1) is 10.8. The number of hydrogen-bond donors (Lipinski definition) is 1. The van der Waals surface area contributed by atoms with Gasteiger partial charge in [-0.1, -0.05) is 23.7 Å². The Hall–Kier alpha value is -2.06. The Balaban J connectivity index is 2.05. The molecule has 4 nitrogen and oxygen atoms in total. The van der Waals surface area contributed by atoms with Crippen molar-refractivity contribution in [3.05, 3.63) is 51.2 Å². The van der Waals surface area contributed by atoms with Crippen LogP contribution < -0.4 is 5.32 Å². The largest absolute Gasteiger partial charge is 0.451 e. The summed E-state index contributed by atoms with van der Waals surface area (Å²) in [6.45, 7) is -0.723. The molecule has 0 fully saturated rings. The van der Waals surface area contributed by atoms with Gasteiger partial charge in [-0.05, 0) is 23.6 Å². The third-order valence-corrected chi connectivity index (χ3v) is 3.81. The molecule has 0 aliphatic carbocycles. The van der Waals surface area contributed by atoms with E-state index in [9.17, 15) is 22.8 Å². The average Bonchev–Trinajstić information content (AvgIpc) is 3.00. The fraction of sp³-hybridized carbons (Fsp3) is 0.143. The Morgan fingerprint density at radius 2 is 1.96 bits per heavy atom. The minimum absolute atomic E-state index is 0.266. The van der Waals surface area contributed by atoms with E-state index in [0.717, 1.165) is 23.5 Å². The fourth-order valence-corrected chi connectivity index (χ4v) is 2.50. The Morgan fingerprint density at radius 1 is 1.22 bits per heavy atom. The van der Waals surface area contributed by atoms with E-state index in [0.29, 0.717) is 0 Å². The number of hydrogen-bond acceptors (Lipinski definition) is 4. The highest BCUT2D eigenvalue weighted by Crippen LogP contribution is 2.38. The maximum absolute atomic E-state index is 12.9. The molecule has 0 saturated carbocycles. The molecule has 0 saturated heterocycles. The predicted molar refractivity (Wildman–Crippen MR) is 79.7 cm³/mol. The summed E-state index contributed by atoms with van der Waals surface area (Å²) in [6, 6.07) is 6.25. The van der Waals surface area contributed by atoms with E-state index in [2.05, 4.69) is 0 Å². The maximum atomic E-state index is 12.9. The molecule has 0 unspecified atom stereocenters. The topological polar surface area (TPSA) is 55.4 Å². The van der Waals surface area contributed by atoms with Gasteiger partial charge in [0.05, 0.1) is 16.3 Å². The highest BCUT2D eigenvalue weighted by Gasteiger charge is 2.34. The molecule has 0 radical (unpaired) electrons. The van der Waals surface area contributed by atoms with Crippen molar-refractivity contribution in [2.75, 3.05) is 11.9 Å². The summed E-state index contributed by atoms with van der Waals surface area (Å²) in [5.74, 6) is -1.65. The zero-order valence-corrected chi connectivity index (χ0v) is 12.9. The van der Waals surface area contributed by atoms with Gasteiger partial charge in [0.2, 0.25) is 0 Å². The summed E-state index contributed by atoms with van der Waals surface area (Å²) in [7, 11) is 0. The van der Waals surface area contributed by atoms with E-state index >= 15 is 0 Å². The first kappa shape index (κ1) is 17.3. The van der Waals surface area contributed by atoms with E-state index in [1.54, 1.807) is 11.4 Å². The summed E-state index contributed by atoms with van der Waals surface area (Å²) < 4.78 is 43.4. The number of halogens is 4. The van der Waals surface area contributed by atoms with Crippen molar-refractivity contribution >= 4 is 40.5 Å². The van der Waals surface area contributed by atoms with Crippen LogP contribution in [0.25, 0.3) is 0 Å². The van der Waals surface area contributed by atoms with E-state index in [1.165, 1.54) is 12.1 Å². The molecule has 0 bridgehead atoms. The lowest BCUT2D eigenvalue weighted by atomic mass is 10.1. The van der Waals surface area contributed by atoms with Crippen LogP contribution in [0.5, 0.6) is 0 Å². The number of anilines is 1. The summed E-state index contributed by atoms with van der Waals surface area (Å²) in [5.41, 5.74) is -1.65. The minimum atomic E-state index is -4.68. The first-order valence-corrected chi connectivity index (χ1v) is 7.41. The molecule has 9 heteroatoms. The molecule has 1 amide bonds. The van der Waals surface area contributed by atoms with Crippen LogP contribution in [-0.4, -0.2) is 18.5 Å². The molecule has 23 heavy (non-hydrogen) atoms. The number of ether oxygens (including phenoxy) is 1. The highest BCUT2D eigenvalue weighted by atomic mass is 35.5. The standard InChI is InChI=1S/C14H9ClF3NO3S/c15-9-4-1-3-8(14(16,17)18)12(9)19-11(20)7-22-13(21)10-5-2-6-23-10/h1-6H,7H2,(H,19,20). The summed E-state index contributed by atoms with van der Waals surface area (Å²) in [4.78, 5) is 23.5. The van der Waals surface area contributed by atoms with Crippen LogP contribution in [0.3, 0.4) is 0 Å². The van der Waals surface area contributed by atoms with Crippen LogP contribution in [0.4, 0.5) is 18.9 Å². The number of thiophene rings is 1. The minimum Gasteiger partial charge on any atom is -0.451 e. The molecule has 0 spiro atoms. The third-order valence-electron chi connectivity index (χ3n) is 2.64. The van der Waals surface area contributed by atoms with Crippen molar-refractivity contribution in [1.82, 2.24) is 0 Å². The van der Waals surface area contributed by atoms with Crippen molar-refractivity contribution < 1.29 is 27.5 Å². The van der Waals surface area contributed by atoms with E-state index in [1.807, 2.05) is 5.32 Å². The van der Waals surface area contributed by atoms with Gasteiger partial charge >= 0.3 is 12.1 Å². The lowest BCUT2D eigenvalue weighted by molar-refractivity contribution is -0.137. The van der Waals surface area contributed by atoms with Crippen LogP contribution in [0.1, 0.15) is 15.2 Å². The van der Waals surface area contributed by atoms with Crippen LogP contribution in [0, 0.1) is 0 Å². The lowest BCUT2D eigenvalue weighted by Gasteiger charge is -2.15. The fourth-order valence-electron chi connectivity index (χ4n) is 1.66. The Kier molecular flexibility index (Phi) is 5.27. The number of nitrogens with one attached hydrogen (secondary N) is 1. The van der Waals surface area contributed by atoms with Gasteiger partial charge in [0.1, 0.15) is 4.88 Å². The van der Waals surface area contributed by atoms with Gasteiger partial charge in [0, 0.05) is 0 Å². The molecular weight excluding hydrogens is 355 g/mol. The van der Waals surface area contributed by atoms with Gasteiger partial charge in [-0.15, -0.1) is 11.3 Å². The van der Waals surface area contributed by atoms with Crippen LogP contribution in [0.15, 0.2) is 35.7 Å². The molecule has 1 N–H and O–H groups in total. The van der Waals surface area contributed by atoms with Crippen LogP contribution >= 0.6 is 22.9 Å². The van der Waals surface area contributed by atoms with Crippen LogP contribution in [-0.2, 0) is 15.7 Å². The summed E-state index contributed by atoms with van der Waals surface area (Å²) in [6.07, 6.45) is -4.68. The van der Waals surface area contributed by atoms with Crippen molar-refractivity contribution in [1.29, 1.82) is 0 Å². The molecule has 0 aliphatic heterocycles. The SMILES string of the molecule is O=C(COC(=O)c1cccs1)Nc1c(Cl)cccc1C(F)(F)F. The van der Waals surface area contributed by atoms with Gasteiger partial charge in [0.25, 0.3) is 5.91 Å². The molecule has 122 valence electrons. The number of carbonyl (C=O) groups excluding carboxylic acids is 2. The van der Waals surface area contributed by atoms with Gasteiger partial charge in [-0.3, -0.25) is 4.79 Å². The van der Waals surface area contributed by atoms with Crippen LogP contribution in [0.2, 0.25) is 5.02 Å². The third kappa shape index (κ3) is 4.46. The molecule has 2 rings (SSSR count). The molecule has 0 aliphatic rings. The highest BCUT2D eigenvalue weighted by molar-refractivity contribution is 7.11. The smallest absolute Gasteiger partial charge is 0.418 e. The lowest BCUT2D eigenvalue weighted by Crippen LogP contribution is -2.22. The second-order valence-electron chi connectivity index (χ2n) is 4.26. The van der Waals surface area contributed by atoms with Gasteiger partial charge in [0.15, 0.2) is 6.61 Å². The molecule has 0 atom stereocenters. The van der Waals surface area contributed by atoms with Crippen molar-refractivity contribution in [3.63, 3.8) is 0 Å². The summed E-state index contributed by atoms with van der Waals surface area (Å²) in [5, 5.41) is 3.40. The first-order valence-electron chi connectivity index (χ1n) is 6.15. The molecule has 2 aromatic rings. The van der Waals surface area contributed by atoms with E-state index < -0.39 is 35.9 Å². The average molecular weight is 364 g/mol. The predicted octanol–water partition coefficient (Wildman–Crippen LogP) is 4.22. The van der Waals surface area contributed by atoms with Crippen molar-refractivity contribution in [3.8, 4) is 0 Å². The number of amides is 1. The molecule has 1 aromatic heterocycles. The second kappa shape index (κ2) is 7.01. The molecular formula is C14H9ClF3NO3S. The second-order valence-corrected chi connectivity index (χ2v) is 5.62. The van der Waals surface area contributed by atoms with E-state index in [4.69, 9.17) is 16.3 Å². The van der Waals surface area contributed by atoms with Gasteiger partial charge in [-0.25, -0.2) is 4.79 Å². The number of para-hydroxylation sites is 1. The quantitative estimate of drug-likeness (QED) is 0.828. The number of rotatable bonds is 4. The van der Waals surface area contributed by atoms with Gasteiger partial charge in [-0.2, -0.15) is 13.2 Å². The Bertz CT molecular complexity index is 717. The zero-order chi connectivity index (χ0) is 17.0. The number of esters is 1.